The molecular weight excluding hydrogens is 216 g/mol. The summed E-state index contributed by atoms with van der Waals surface area (Å²) >= 11 is 0. The van der Waals surface area contributed by atoms with Crippen LogP contribution in [0, 0.1) is 11.8 Å². The third-order valence-corrected chi connectivity index (χ3v) is 4.00. The monoisotopic (exact) mass is 246 g/mol. The second-order valence-electron chi connectivity index (χ2n) is 5.82. The highest BCUT2D eigenvalue weighted by Gasteiger charge is 2.17. The van der Waals surface area contributed by atoms with Crippen LogP contribution in [0.5, 0.6) is 0 Å². The van der Waals surface area contributed by atoms with Gasteiger partial charge < -0.3 is 0 Å². The average molecular weight is 246 g/mol. The summed E-state index contributed by atoms with van der Waals surface area (Å²) in [6, 6.07) is 10.9. The van der Waals surface area contributed by atoms with E-state index in [0.717, 1.165) is 11.8 Å². The normalized spacial score (nSPS) is 23.1. The number of rotatable bonds is 3. The van der Waals surface area contributed by atoms with Crippen LogP contribution >= 0.6 is 0 Å². The fourth-order valence-electron chi connectivity index (χ4n) is 2.48. The Labute approximate surface area is 114 Å². The van der Waals surface area contributed by atoms with Gasteiger partial charge in [0.15, 0.2) is 0 Å². The summed E-state index contributed by atoms with van der Waals surface area (Å²) < 4.78 is 0. The zero-order valence-corrected chi connectivity index (χ0v) is 12.5. The predicted octanol–water partition coefficient (Wildman–Crippen LogP) is 5.86. The highest BCUT2D eigenvalue weighted by atomic mass is 14.2. The lowest BCUT2D eigenvalue weighted by atomic mass is 9.80. The number of hydrogen-bond donors (Lipinski definition) is 0. The number of hydrogen-bond acceptors (Lipinski definition) is 0. The fraction of sp³-hybridized carbons (Fsp3) is 0.667. The van der Waals surface area contributed by atoms with Gasteiger partial charge in [-0.3, -0.25) is 0 Å². The molecule has 0 saturated heterocycles. The van der Waals surface area contributed by atoms with Crippen LogP contribution in [0.2, 0.25) is 0 Å². The largest absolute Gasteiger partial charge is 0.0654 e. The van der Waals surface area contributed by atoms with Gasteiger partial charge in [-0.2, -0.15) is 0 Å². The second-order valence-corrected chi connectivity index (χ2v) is 5.82. The first-order chi connectivity index (χ1) is 8.76. The smallest absolute Gasteiger partial charge is 0.0250 e. The van der Waals surface area contributed by atoms with Crippen molar-refractivity contribution < 1.29 is 0 Å². The molecule has 0 N–H and O–H groups in total. The van der Waals surface area contributed by atoms with Gasteiger partial charge in [-0.25, -0.2) is 0 Å². The highest BCUT2D eigenvalue weighted by molar-refractivity contribution is 5.15. The van der Waals surface area contributed by atoms with E-state index in [1.807, 2.05) is 0 Å². The van der Waals surface area contributed by atoms with Gasteiger partial charge in [0.2, 0.25) is 0 Å². The molecular formula is C18H30. The van der Waals surface area contributed by atoms with E-state index in [1.165, 1.54) is 50.5 Å². The lowest BCUT2D eigenvalue weighted by Gasteiger charge is -2.26. The van der Waals surface area contributed by atoms with Gasteiger partial charge >= 0.3 is 0 Å². The summed E-state index contributed by atoms with van der Waals surface area (Å²) in [6.45, 7) is 6.75. The maximum absolute atomic E-state index is 2.39. The molecule has 0 radical (unpaired) electrons. The van der Waals surface area contributed by atoms with Crippen molar-refractivity contribution >= 4 is 0 Å². The quantitative estimate of drug-likeness (QED) is 0.626. The molecule has 0 spiro atoms. The molecule has 0 bridgehead atoms. The van der Waals surface area contributed by atoms with E-state index in [4.69, 9.17) is 0 Å². The summed E-state index contributed by atoms with van der Waals surface area (Å²) in [5.41, 5.74) is 1.52. The Morgan fingerprint density at radius 2 is 1.44 bits per heavy atom. The first-order valence-electron chi connectivity index (χ1n) is 7.80. The van der Waals surface area contributed by atoms with E-state index in [-0.39, 0.29) is 0 Å². The first kappa shape index (κ1) is 15.3. The molecule has 0 atom stereocenters. The van der Waals surface area contributed by atoms with Gasteiger partial charge in [0, 0.05) is 0 Å². The van der Waals surface area contributed by atoms with Crippen molar-refractivity contribution in [2.45, 2.75) is 65.7 Å². The molecule has 1 saturated carbocycles. The summed E-state index contributed by atoms with van der Waals surface area (Å²) in [4.78, 5) is 0. The van der Waals surface area contributed by atoms with Gasteiger partial charge in [-0.1, -0.05) is 76.8 Å². The topological polar surface area (TPSA) is 0 Å². The van der Waals surface area contributed by atoms with E-state index in [1.54, 1.807) is 0 Å². The highest BCUT2D eigenvalue weighted by Crippen LogP contribution is 2.30. The Bertz CT molecular complexity index is 278. The molecule has 1 aliphatic rings. The molecule has 0 unspecified atom stereocenters. The molecule has 0 amide bonds. The minimum absolute atomic E-state index is 0.952. The van der Waals surface area contributed by atoms with E-state index in [9.17, 15) is 0 Å². The zero-order valence-electron chi connectivity index (χ0n) is 12.5. The van der Waals surface area contributed by atoms with Crippen LogP contribution in [-0.2, 0) is 6.42 Å². The molecule has 0 aliphatic heterocycles. The van der Waals surface area contributed by atoms with Crippen molar-refractivity contribution in [1.29, 1.82) is 0 Å². The molecule has 1 aromatic carbocycles. The Hall–Kier alpha value is -0.780. The fourth-order valence-corrected chi connectivity index (χ4v) is 2.48. The van der Waals surface area contributed by atoms with Crippen LogP contribution in [0.3, 0.4) is 0 Å². The van der Waals surface area contributed by atoms with Crippen molar-refractivity contribution in [3.63, 3.8) is 0 Å². The van der Waals surface area contributed by atoms with Gasteiger partial charge in [-0.05, 0) is 36.7 Å². The molecule has 0 aromatic heterocycles. The van der Waals surface area contributed by atoms with Crippen molar-refractivity contribution in [3.8, 4) is 0 Å². The van der Waals surface area contributed by atoms with Crippen LogP contribution < -0.4 is 0 Å². The molecule has 102 valence electrons. The molecule has 0 nitrogen and oxygen atoms in total. The molecule has 0 heterocycles. The predicted molar refractivity (Wildman–Crippen MR) is 81.9 cm³/mol. The summed E-state index contributed by atoms with van der Waals surface area (Å²) in [5, 5.41) is 0. The number of benzene rings is 1. The third kappa shape index (κ3) is 6.23. The maximum Gasteiger partial charge on any atom is -0.0250 e. The third-order valence-electron chi connectivity index (χ3n) is 4.00. The maximum atomic E-state index is 2.39. The Morgan fingerprint density at radius 3 is 1.94 bits per heavy atom. The Balaban J connectivity index is 0.000000357. The molecule has 1 aromatic rings. The van der Waals surface area contributed by atoms with Crippen LogP contribution in [0.25, 0.3) is 0 Å². The van der Waals surface area contributed by atoms with Crippen LogP contribution in [0.1, 0.15) is 64.9 Å². The lowest BCUT2D eigenvalue weighted by molar-refractivity contribution is 0.289. The van der Waals surface area contributed by atoms with Crippen LogP contribution in [0.4, 0.5) is 0 Å². The van der Waals surface area contributed by atoms with Crippen LogP contribution in [0.15, 0.2) is 30.3 Å². The summed E-state index contributed by atoms with van der Waals surface area (Å²) in [7, 11) is 0. The van der Waals surface area contributed by atoms with Gasteiger partial charge in [0.05, 0.1) is 0 Å². The van der Waals surface area contributed by atoms with Crippen LogP contribution in [-0.4, -0.2) is 0 Å². The van der Waals surface area contributed by atoms with E-state index >= 15 is 0 Å². The number of unbranched alkanes of at least 4 members (excludes halogenated alkanes) is 1. The first-order valence-corrected chi connectivity index (χ1v) is 7.80. The average Bonchev–Trinajstić information content (AvgIpc) is 2.43. The summed E-state index contributed by atoms with van der Waals surface area (Å²) in [5.74, 6) is 1.93. The Morgan fingerprint density at radius 1 is 0.889 bits per heavy atom. The standard InChI is InChI=1S/C14H20.C4H10/c1-12-7-9-14(10-8-12)11-13-5-3-2-4-6-13;1-3-4-2/h2-6,12,14H,7-11H2,1H3;3-4H2,1-2H3. The van der Waals surface area contributed by atoms with Gasteiger partial charge in [0.1, 0.15) is 0 Å². The zero-order chi connectivity index (χ0) is 13.2. The summed E-state index contributed by atoms with van der Waals surface area (Å²) in [6.07, 6.45) is 9.70. The minimum atomic E-state index is 0.952. The van der Waals surface area contributed by atoms with Crippen molar-refractivity contribution in [2.75, 3.05) is 0 Å². The molecule has 2 rings (SSSR count). The lowest BCUT2D eigenvalue weighted by Crippen LogP contribution is -2.14. The molecule has 18 heavy (non-hydrogen) atoms. The molecule has 0 heteroatoms. The SMILES string of the molecule is CC1CCC(Cc2ccccc2)CC1.CCCC. The van der Waals surface area contributed by atoms with Gasteiger partial charge in [-0.15, -0.1) is 0 Å². The van der Waals surface area contributed by atoms with Crippen molar-refractivity contribution in [3.05, 3.63) is 35.9 Å². The van der Waals surface area contributed by atoms with E-state index < -0.39 is 0 Å². The minimum Gasteiger partial charge on any atom is -0.0654 e. The molecule has 1 aliphatic carbocycles. The molecule has 1 fully saturated rings. The second kappa shape index (κ2) is 9.19. The van der Waals surface area contributed by atoms with E-state index in [0.29, 0.717) is 0 Å². The van der Waals surface area contributed by atoms with Gasteiger partial charge in [0.25, 0.3) is 0 Å². The van der Waals surface area contributed by atoms with Crippen molar-refractivity contribution in [2.24, 2.45) is 11.8 Å². The Kier molecular flexibility index (Phi) is 7.80. The van der Waals surface area contributed by atoms with Crippen molar-refractivity contribution in [1.82, 2.24) is 0 Å². The van der Waals surface area contributed by atoms with E-state index in [2.05, 4.69) is 51.1 Å².